The molecule has 0 saturated carbocycles. The molecule has 106 valence electrons. The zero-order chi connectivity index (χ0) is 14.5. The number of urea groups is 1. The van der Waals surface area contributed by atoms with E-state index < -0.39 is 11.6 Å². The second kappa shape index (κ2) is 6.29. The molecule has 2 amide bonds. The molecule has 0 aliphatic heterocycles. The Kier molecular flexibility index (Phi) is 5.00. The van der Waals surface area contributed by atoms with Crippen LogP contribution >= 0.6 is 0 Å². The zero-order valence-electron chi connectivity index (χ0n) is 11.6. The molecule has 6 heteroatoms. The van der Waals surface area contributed by atoms with Gasteiger partial charge in [0.2, 0.25) is 0 Å². The quantitative estimate of drug-likeness (QED) is 0.757. The molecule has 0 aliphatic rings. The number of methoxy groups -OCH3 is 2. The van der Waals surface area contributed by atoms with Gasteiger partial charge in [-0.25, -0.2) is 4.79 Å². The monoisotopic (exact) mass is 268 g/mol. The molecule has 0 radical (unpaired) electrons. The summed E-state index contributed by atoms with van der Waals surface area (Å²) in [5.74, 6) is 0.993. The number of aliphatic hydroxyl groups is 1. The minimum absolute atomic E-state index is 0.163. The SMILES string of the molecule is COc1cccc(OC)c1NC(=O)NC(C)(C)CO. The summed E-state index contributed by atoms with van der Waals surface area (Å²) >= 11 is 0. The van der Waals surface area contributed by atoms with E-state index in [0.29, 0.717) is 17.2 Å². The highest BCUT2D eigenvalue weighted by atomic mass is 16.5. The number of aliphatic hydroxyl groups excluding tert-OH is 1. The molecule has 1 aromatic carbocycles. The molecule has 0 fully saturated rings. The highest BCUT2D eigenvalue weighted by Crippen LogP contribution is 2.33. The first-order valence-corrected chi connectivity index (χ1v) is 5.84. The number of amides is 2. The van der Waals surface area contributed by atoms with E-state index in [1.807, 2.05) is 0 Å². The van der Waals surface area contributed by atoms with Crippen LogP contribution in [0.4, 0.5) is 10.5 Å². The van der Waals surface area contributed by atoms with E-state index in [4.69, 9.17) is 14.6 Å². The molecule has 1 aromatic rings. The zero-order valence-corrected chi connectivity index (χ0v) is 11.6. The van der Waals surface area contributed by atoms with Gasteiger partial charge in [0.15, 0.2) is 0 Å². The molecule has 6 nitrogen and oxygen atoms in total. The number of carbonyl (C=O) groups is 1. The second-order valence-electron chi connectivity index (χ2n) is 4.66. The second-order valence-corrected chi connectivity index (χ2v) is 4.66. The van der Waals surface area contributed by atoms with Gasteiger partial charge in [0.05, 0.1) is 26.4 Å². The van der Waals surface area contributed by atoms with E-state index in [2.05, 4.69) is 10.6 Å². The maximum atomic E-state index is 11.9. The van der Waals surface area contributed by atoms with Crippen LogP contribution in [0.2, 0.25) is 0 Å². The van der Waals surface area contributed by atoms with E-state index >= 15 is 0 Å². The van der Waals surface area contributed by atoms with Crippen molar-refractivity contribution in [2.45, 2.75) is 19.4 Å². The summed E-state index contributed by atoms with van der Waals surface area (Å²) in [6.07, 6.45) is 0. The first-order chi connectivity index (χ1) is 8.93. The summed E-state index contributed by atoms with van der Waals surface area (Å²) in [6.45, 7) is 3.27. The average Bonchev–Trinajstić information content (AvgIpc) is 2.38. The number of ether oxygens (including phenoxy) is 2. The predicted octanol–water partition coefficient (Wildman–Crippen LogP) is 1.60. The first-order valence-electron chi connectivity index (χ1n) is 5.84. The van der Waals surface area contributed by atoms with Crippen LogP contribution in [-0.4, -0.2) is 37.5 Å². The van der Waals surface area contributed by atoms with Crippen LogP contribution in [0, 0.1) is 0 Å². The smallest absolute Gasteiger partial charge is 0.319 e. The molecular formula is C13H20N2O4. The van der Waals surface area contributed by atoms with Gasteiger partial charge in [-0.15, -0.1) is 0 Å². The lowest BCUT2D eigenvalue weighted by Gasteiger charge is -2.24. The minimum atomic E-state index is -0.709. The number of para-hydroxylation sites is 1. The molecule has 0 spiro atoms. The molecule has 0 aliphatic carbocycles. The number of hydrogen-bond acceptors (Lipinski definition) is 4. The van der Waals surface area contributed by atoms with Crippen molar-refractivity contribution in [2.75, 3.05) is 26.1 Å². The molecule has 0 saturated heterocycles. The Balaban J connectivity index is 2.89. The minimum Gasteiger partial charge on any atom is -0.494 e. The standard InChI is InChI=1S/C13H20N2O4/c1-13(2,8-16)15-12(17)14-11-9(18-3)6-5-7-10(11)19-4/h5-7,16H,8H2,1-4H3,(H2,14,15,17). The topological polar surface area (TPSA) is 79.8 Å². The third kappa shape index (κ3) is 4.03. The molecular weight excluding hydrogens is 248 g/mol. The Morgan fingerprint density at radius 1 is 1.26 bits per heavy atom. The Bertz CT molecular complexity index is 424. The lowest BCUT2D eigenvalue weighted by atomic mass is 10.1. The fourth-order valence-electron chi connectivity index (χ4n) is 1.47. The summed E-state index contributed by atoms with van der Waals surface area (Å²) in [4.78, 5) is 11.9. The van der Waals surface area contributed by atoms with Crippen molar-refractivity contribution >= 4 is 11.7 Å². The lowest BCUT2D eigenvalue weighted by Crippen LogP contribution is -2.48. The van der Waals surface area contributed by atoms with Crippen LogP contribution in [0.15, 0.2) is 18.2 Å². The van der Waals surface area contributed by atoms with Gasteiger partial charge in [-0.05, 0) is 26.0 Å². The molecule has 1 rings (SSSR count). The van der Waals surface area contributed by atoms with Crippen LogP contribution in [0.1, 0.15) is 13.8 Å². The summed E-state index contributed by atoms with van der Waals surface area (Å²) in [5.41, 5.74) is -0.266. The van der Waals surface area contributed by atoms with Gasteiger partial charge in [0.25, 0.3) is 0 Å². The lowest BCUT2D eigenvalue weighted by molar-refractivity contribution is 0.187. The van der Waals surface area contributed by atoms with Crippen molar-refractivity contribution in [3.05, 3.63) is 18.2 Å². The maximum Gasteiger partial charge on any atom is 0.319 e. The fraction of sp³-hybridized carbons (Fsp3) is 0.462. The Morgan fingerprint density at radius 2 is 1.79 bits per heavy atom. The molecule has 19 heavy (non-hydrogen) atoms. The van der Waals surface area contributed by atoms with Gasteiger partial charge in [-0.3, -0.25) is 0 Å². The molecule has 0 unspecified atom stereocenters. The summed E-state index contributed by atoms with van der Waals surface area (Å²) in [7, 11) is 3.02. The van der Waals surface area contributed by atoms with E-state index in [1.54, 1.807) is 32.0 Å². The number of rotatable bonds is 5. The van der Waals surface area contributed by atoms with Crippen LogP contribution in [0.25, 0.3) is 0 Å². The number of benzene rings is 1. The molecule has 0 atom stereocenters. The Morgan fingerprint density at radius 3 is 2.21 bits per heavy atom. The summed E-state index contributed by atoms with van der Waals surface area (Å²) in [6, 6.07) is 4.75. The average molecular weight is 268 g/mol. The number of carbonyl (C=O) groups excluding carboxylic acids is 1. The third-order valence-electron chi connectivity index (χ3n) is 2.51. The molecule has 0 aromatic heterocycles. The fourth-order valence-corrected chi connectivity index (χ4v) is 1.47. The number of hydrogen-bond donors (Lipinski definition) is 3. The van der Waals surface area contributed by atoms with Crippen molar-refractivity contribution in [3.8, 4) is 11.5 Å². The highest BCUT2D eigenvalue weighted by molar-refractivity contribution is 5.93. The van der Waals surface area contributed by atoms with Gasteiger partial charge in [-0.2, -0.15) is 0 Å². The van der Waals surface area contributed by atoms with Crippen molar-refractivity contribution in [1.82, 2.24) is 5.32 Å². The van der Waals surface area contributed by atoms with E-state index in [0.717, 1.165) is 0 Å². The van der Waals surface area contributed by atoms with Crippen LogP contribution < -0.4 is 20.1 Å². The van der Waals surface area contributed by atoms with E-state index in [1.165, 1.54) is 14.2 Å². The maximum absolute atomic E-state index is 11.9. The summed E-state index contributed by atoms with van der Waals surface area (Å²) < 4.78 is 10.3. The molecule has 3 N–H and O–H groups in total. The van der Waals surface area contributed by atoms with Gasteiger partial charge < -0.3 is 25.2 Å². The largest absolute Gasteiger partial charge is 0.494 e. The van der Waals surface area contributed by atoms with Gasteiger partial charge in [-0.1, -0.05) is 6.07 Å². The normalized spacial score (nSPS) is 10.8. The van der Waals surface area contributed by atoms with Crippen molar-refractivity contribution < 1.29 is 19.4 Å². The van der Waals surface area contributed by atoms with Crippen LogP contribution in [0.5, 0.6) is 11.5 Å². The number of anilines is 1. The Labute approximate surface area is 112 Å². The molecule has 0 bridgehead atoms. The highest BCUT2D eigenvalue weighted by Gasteiger charge is 2.20. The van der Waals surface area contributed by atoms with Crippen LogP contribution in [-0.2, 0) is 0 Å². The van der Waals surface area contributed by atoms with E-state index in [9.17, 15) is 4.79 Å². The first kappa shape index (κ1) is 15.1. The Hall–Kier alpha value is -1.95. The van der Waals surface area contributed by atoms with Crippen molar-refractivity contribution in [3.63, 3.8) is 0 Å². The van der Waals surface area contributed by atoms with Crippen molar-refractivity contribution in [1.29, 1.82) is 0 Å². The van der Waals surface area contributed by atoms with Crippen molar-refractivity contribution in [2.24, 2.45) is 0 Å². The predicted molar refractivity (Wildman–Crippen MR) is 72.9 cm³/mol. The van der Waals surface area contributed by atoms with E-state index in [-0.39, 0.29) is 6.61 Å². The molecule has 0 heterocycles. The van der Waals surface area contributed by atoms with Crippen LogP contribution in [0.3, 0.4) is 0 Å². The van der Waals surface area contributed by atoms with Gasteiger partial charge >= 0.3 is 6.03 Å². The number of nitrogens with one attached hydrogen (secondary N) is 2. The summed E-state index contributed by atoms with van der Waals surface area (Å²) in [5, 5.41) is 14.4. The van der Waals surface area contributed by atoms with Gasteiger partial charge in [0.1, 0.15) is 17.2 Å². The third-order valence-corrected chi connectivity index (χ3v) is 2.51. The van der Waals surface area contributed by atoms with Gasteiger partial charge in [0, 0.05) is 0 Å².